The van der Waals surface area contributed by atoms with Gasteiger partial charge in [0.1, 0.15) is 0 Å². The molecule has 1 aliphatic rings. The number of rotatable bonds is 1. The van der Waals surface area contributed by atoms with Gasteiger partial charge < -0.3 is 0 Å². The molecule has 0 amide bonds. The zero-order valence-electron chi connectivity index (χ0n) is 7.05. The van der Waals surface area contributed by atoms with E-state index in [0.29, 0.717) is 0 Å². The summed E-state index contributed by atoms with van der Waals surface area (Å²) < 4.78 is 0. The summed E-state index contributed by atoms with van der Waals surface area (Å²) in [5.41, 5.74) is 0. The van der Waals surface area contributed by atoms with Crippen LogP contribution in [0.3, 0.4) is 0 Å². The van der Waals surface area contributed by atoms with E-state index in [1.807, 2.05) is 25.6 Å². The normalized spacial score (nSPS) is 15.3. The smallest absolute Gasteiger partial charge is 0.0160 e. The predicted octanol–water partition coefficient (Wildman–Crippen LogP) is 3.61. The highest BCUT2D eigenvalue weighted by atomic mass is 32.2. The average molecular weight is 156 g/mol. The summed E-state index contributed by atoms with van der Waals surface area (Å²) in [5.74, 6) is 1.17. The third-order valence-electron chi connectivity index (χ3n) is 1.13. The molecule has 58 valence electrons. The molecule has 1 aliphatic heterocycles. The second-order valence-corrected chi connectivity index (χ2v) is 2.87. The Morgan fingerprint density at radius 3 is 2.50 bits per heavy atom. The summed E-state index contributed by atoms with van der Waals surface area (Å²) in [4.78, 5) is 1.51. The highest BCUT2D eigenvalue weighted by Crippen LogP contribution is 2.21. The first-order chi connectivity index (χ1) is 4.93. The maximum atomic E-state index is 2.19. The van der Waals surface area contributed by atoms with Gasteiger partial charge in [0, 0.05) is 5.75 Å². The fraction of sp³-hybridized carbons (Fsp3) is 0.556. The lowest BCUT2D eigenvalue weighted by atomic mass is 10.4. The van der Waals surface area contributed by atoms with Gasteiger partial charge in [-0.15, -0.1) is 11.8 Å². The Labute approximate surface area is 68.4 Å². The zero-order chi connectivity index (χ0) is 7.82. The van der Waals surface area contributed by atoms with Crippen molar-refractivity contribution in [2.75, 3.05) is 5.75 Å². The van der Waals surface area contributed by atoms with E-state index in [9.17, 15) is 0 Å². The SMILES string of the molecule is CC.CCC1=CC=CCS1. The monoisotopic (exact) mass is 156 g/mol. The lowest BCUT2D eigenvalue weighted by molar-refractivity contribution is 1.20. The van der Waals surface area contributed by atoms with Gasteiger partial charge >= 0.3 is 0 Å². The lowest BCUT2D eigenvalue weighted by Gasteiger charge is -2.02. The summed E-state index contributed by atoms with van der Waals surface area (Å²) in [6.45, 7) is 6.19. The molecular formula is C9H16S. The standard InChI is InChI=1S/C7H10S.C2H6/c1-2-7-5-3-4-6-8-7;1-2/h3-5H,2,6H2,1H3;1-2H3. The first-order valence-electron chi connectivity index (χ1n) is 3.92. The van der Waals surface area contributed by atoms with Crippen molar-refractivity contribution in [3.63, 3.8) is 0 Å². The Morgan fingerprint density at radius 1 is 1.50 bits per heavy atom. The van der Waals surface area contributed by atoms with Crippen LogP contribution in [0.15, 0.2) is 23.1 Å². The quantitative estimate of drug-likeness (QED) is 0.559. The molecule has 10 heavy (non-hydrogen) atoms. The minimum absolute atomic E-state index is 1.17. The third kappa shape index (κ3) is 3.78. The van der Waals surface area contributed by atoms with Crippen LogP contribution in [0.25, 0.3) is 0 Å². The zero-order valence-corrected chi connectivity index (χ0v) is 7.87. The van der Waals surface area contributed by atoms with Gasteiger partial charge in [-0.1, -0.05) is 39.0 Å². The fourth-order valence-electron chi connectivity index (χ4n) is 0.654. The van der Waals surface area contributed by atoms with E-state index >= 15 is 0 Å². The molecule has 1 heteroatoms. The van der Waals surface area contributed by atoms with Crippen molar-refractivity contribution in [3.05, 3.63) is 23.1 Å². The molecule has 0 aromatic carbocycles. The molecule has 0 N–H and O–H groups in total. The van der Waals surface area contributed by atoms with Crippen LogP contribution in [0.5, 0.6) is 0 Å². The van der Waals surface area contributed by atoms with Gasteiger partial charge in [0.05, 0.1) is 0 Å². The molecule has 0 aromatic rings. The van der Waals surface area contributed by atoms with Gasteiger partial charge in [-0.25, -0.2) is 0 Å². The van der Waals surface area contributed by atoms with Gasteiger partial charge in [0.25, 0.3) is 0 Å². The topological polar surface area (TPSA) is 0 Å². The molecular weight excluding hydrogens is 140 g/mol. The Balaban J connectivity index is 0.000000371. The fourth-order valence-corrected chi connectivity index (χ4v) is 1.45. The molecule has 0 saturated carbocycles. The Kier molecular flexibility index (Phi) is 6.83. The predicted molar refractivity (Wildman–Crippen MR) is 51.3 cm³/mol. The molecule has 0 radical (unpaired) electrons. The van der Waals surface area contributed by atoms with Crippen molar-refractivity contribution in [1.82, 2.24) is 0 Å². The van der Waals surface area contributed by atoms with Gasteiger partial charge in [0.15, 0.2) is 0 Å². The maximum Gasteiger partial charge on any atom is 0.0160 e. The van der Waals surface area contributed by atoms with Crippen LogP contribution in [-0.2, 0) is 0 Å². The molecule has 0 bridgehead atoms. The molecule has 0 unspecified atom stereocenters. The summed E-state index contributed by atoms with van der Waals surface area (Å²) in [6.07, 6.45) is 7.70. The van der Waals surface area contributed by atoms with E-state index in [-0.39, 0.29) is 0 Å². The van der Waals surface area contributed by atoms with Gasteiger partial charge in [0.2, 0.25) is 0 Å². The van der Waals surface area contributed by atoms with Crippen LogP contribution < -0.4 is 0 Å². The maximum absolute atomic E-state index is 2.19. The Hall–Kier alpha value is -0.170. The van der Waals surface area contributed by atoms with E-state index in [1.165, 1.54) is 17.1 Å². The summed E-state index contributed by atoms with van der Waals surface area (Å²) >= 11 is 1.94. The van der Waals surface area contributed by atoms with Crippen molar-refractivity contribution < 1.29 is 0 Å². The van der Waals surface area contributed by atoms with Crippen molar-refractivity contribution >= 4 is 11.8 Å². The van der Waals surface area contributed by atoms with Gasteiger partial charge in [-0.3, -0.25) is 0 Å². The van der Waals surface area contributed by atoms with Crippen LogP contribution in [-0.4, -0.2) is 5.75 Å². The molecule has 0 spiro atoms. The first kappa shape index (κ1) is 9.83. The third-order valence-corrected chi connectivity index (χ3v) is 2.29. The van der Waals surface area contributed by atoms with Crippen LogP contribution in [0.2, 0.25) is 0 Å². The van der Waals surface area contributed by atoms with Crippen molar-refractivity contribution in [2.24, 2.45) is 0 Å². The molecule has 0 aliphatic carbocycles. The Bertz CT molecular complexity index is 123. The van der Waals surface area contributed by atoms with Crippen molar-refractivity contribution in [1.29, 1.82) is 0 Å². The molecule has 1 rings (SSSR count). The van der Waals surface area contributed by atoms with Gasteiger partial charge in [-0.05, 0) is 11.3 Å². The second-order valence-electron chi connectivity index (χ2n) is 1.73. The van der Waals surface area contributed by atoms with Gasteiger partial charge in [-0.2, -0.15) is 0 Å². The number of thioether (sulfide) groups is 1. The number of hydrogen-bond acceptors (Lipinski definition) is 1. The molecule has 0 fully saturated rings. The highest BCUT2D eigenvalue weighted by Gasteiger charge is 1.93. The minimum atomic E-state index is 1.17. The van der Waals surface area contributed by atoms with E-state index in [1.54, 1.807) is 0 Å². The Morgan fingerprint density at radius 2 is 2.20 bits per heavy atom. The number of allylic oxidation sites excluding steroid dienone is 3. The highest BCUT2D eigenvalue weighted by molar-refractivity contribution is 8.03. The molecule has 1 heterocycles. The van der Waals surface area contributed by atoms with E-state index in [4.69, 9.17) is 0 Å². The van der Waals surface area contributed by atoms with Crippen LogP contribution in [0, 0.1) is 0 Å². The van der Waals surface area contributed by atoms with Crippen LogP contribution >= 0.6 is 11.8 Å². The van der Waals surface area contributed by atoms with Crippen molar-refractivity contribution in [3.8, 4) is 0 Å². The second kappa shape index (κ2) is 6.94. The van der Waals surface area contributed by atoms with Crippen molar-refractivity contribution in [2.45, 2.75) is 27.2 Å². The van der Waals surface area contributed by atoms with E-state index in [0.717, 1.165) is 0 Å². The molecule has 0 nitrogen and oxygen atoms in total. The van der Waals surface area contributed by atoms with Crippen LogP contribution in [0.1, 0.15) is 27.2 Å². The molecule has 0 saturated heterocycles. The number of hydrogen-bond donors (Lipinski definition) is 0. The molecule has 0 aromatic heterocycles. The summed E-state index contributed by atoms with van der Waals surface area (Å²) in [5, 5.41) is 0. The lowest BCUT2D eigenvalue weighted by Crippen LogP contribution is -1.80. The first-order valence-corrected chi connectivity index (χ1v) is 4.90. The van der Waals surface area contributed by atoms with E-state index < -0.39 is 0 Å². The van der Waals surface area contributed by atoms with E-state index in [2.05, 4.69) is 25.2 Å². The average Bonchev–Trinajstić information content (AvgIpc) is 2.10. The minimum Gasteiger partial charge on any atom is -0.126 e. The largest absolute Gasteiger partial charge is 0.126 e. The van der Waals surface area contributed by atoms with Crippen LogP contribution in [0.4, 0.5) is 0 Å². The molecule has 0 atom stereocenters. The summed E-state index contributed by atoms with van der Waals surface area (Å²) in [6, 6.07) is 0. The summed E-state index contributed by atoms with van der Waals surface area (Å²) in [7, 11) is 0.